The standard InChI is InChI=1S/C28H37N/c1-3-5-7-9-23-10-12-25(13-11-23)26-14-16-27(17-15-26)28(22-29)20-18-24(19-21-28)8-6-4-2/h10-17,24H,3-9,18-21H2,1-2H3/t24-,28+. The molecular formula is C28H37N. The van der Waals surface area contributed by atoms with Crippen molar-refractivity contribution in [2.24, 2.45) is 5.92 Å². The summed E-state index contributed by atoms with van der Waals surface area (Å²) in [4.78, 5) is 0. The van der Waals surface area contributed by atoms with Crippen LogP contribution in [0.5, 0.6) is 0 Å². The van der Waals surface area contributed by atoms with E-state index in [1.807, 2.05) is 0 Å². The minimum Gasteiger partial charge on any atom is -0.197 e. The maximum absolute atomic E-state index is 10.0. The highest BCUT2D eigenvalue weighted by Crippen LogP contribution is 2.43. The van der Waals surface area contributed by atoms with Crippen molar-refractivity contribution in [3.63, 3.8) is 0 Å². The Morgan fingerprint density at radius 3 is 1.97 bits per heavy atom. The molecule has 1 aliphatic rings. The van der Waals surface area contributed by atoms with Crippen LogP contribution < -0.4 is 0 Å². The van der Waals surface area contributed by atoms with Crippen LogP contribution in [0.4, 0.5) is 0 Å². The Bertz CT molecular complexity index is 771. The van der Waals surface area contributed by atoms with Crippen molar-refractivity contribution in [2.75, 3.05) is 0 Å². The van der Waals surface area contributed by atoms with E-state index in [2.05, 4.69) is 68.4 Å². The molecule has 1 nitrogen and oxygen atoms in total. The monoisotopic (exact) mass is 387 g/mol. The quantitative estimate of drug-likeness (QED) is 0.397. The molecule has 1 fully saturated rings. The lowest BCUT2D eigenvalue weighted by Crippen LogP contribution is -2.30. The van der Waals surface area contributed by atoms with E-state index in [4.69, 9.17) is 0 Å². The van der Waals surface area contributed by atoms with E-state index in [9.17, 15) is 5.26 Å². The molecule has 0 radical (unpaired) electrons. The van der Waals surface area contributed by atoms with Crippen LogP contribution in [0.15, 0.2) is 48.5 Å². The van der Waals surface area contributed by atoms with Gasteiger partial charge in [0, 0.05) is 0 Å². The summed E-state index contributed by atoms with van der Waals surface area (Å²) in [6.07, 6.45) is 13.4. The number of nitrogens with zero attached hydrogens (tertiary/aromatic N) is 1. The molecule has 0 N–H and O–H groups in total. The lowest BCUT2D eigenvalue weighted by molar-refractivity contribution is 0.263. The molecule has 2 aromatic carbocycles. The van der Waals surface area contributed by atoms with Crippen molar-refractivity contribution in [1.82, 2.24) is 0 Å². The second-order valence-electron chi connectivity index (χ2n) is 9.01. The molecule has 0 aliphatic heterocycles. The summed E-state index contributed by atoms with van der Waals surface area (Å²) in [5.74, 6) is 0.825. The van der Waals surface area contributed by atoms with Gasteiger partial charge in [0.15, 0.2) is 0 Å². The number of rotatable bonds is 9. The molecular weight excluding hydrogens is 350 g/mol. The summed E-state index contributed by atoms with van der Waals surface area (Å²) in [5, 5.41) is 10.0. The summed E-state index contributed by atoms with van der Waals surface area (Å²) in [6.45, 7) is 4.52. The van der Waals surface area contributed by atoms with Crippen LogP contribution in [0.25, 0.3) is 11.1 Å². The third-order valence-corrected chi connectivity index (χ3v) is 6.93. The number of unbranched alkanes of at least 4 members (excludes halogenated alkanes) is 3. The molecule has 0 saturated heterocycles. The lowest BCUT2D eigenvalue weighted by atomic mass is 9.67. The fourth-order valence-electron chi connectivity index (χ4n) is 4.84. The van der Waals surface area contributed by atoms with Crippen molar-refractivity contribution in [1.29, 1.82) is 5.26 Å². The van der Waals surface area contributed by atoms with E-state index >= 15 is 0 Å². The van der Waals surface area contributed by atoms with Crippen molar-refractivity contribution >= 4 is 0 Å². The molecule has 1 aliphatic carbocycles. The van der Waals surface area contributed by atoms with Gasteiger partial charge in [-0.2, -0.15) is 5.26 Å². The normalized spacial score (nSPS) is 21.6. The maximum Gasteiger partial charge on any atom is 0.0822 e. The molecule has 0 aromatic heterocycles. The Kier molecular flexibility index (Phi) is 7.93. The highest BCUT2D eigenvalue weighted by molar-refractivity contribution is 5.64. The maximum atomic E-state index is 10.0. The van der Waals surface area contributed by atoms with Crippen LogP contribution in [0.3, 0.4) is 0 Å². The van der Waals surface area contributed by atoms with E-state index < -0.39 is 0 Å². The molecule has 2 aromatic rings. The van der Waals surface area contributed by atoms with Gasteiger partial charge < -0.3 is 0 Å². The molecule has 0 bridgehead atoms. The second kappa shape index (κ2) is 10.6. The summed E-state index contributed by atoms with van der Waals surface area (Å²) < 4.78 is 0. The van der Waals surface area contributed by atoms with E-state index in [1.54, 1.807) is 0 Å². The van der Waals surface area contributed by atoms with Crippen LogP contribution in [0.2, 0.25) is 0 Å². The average molecular weight is 388 g/mol. The first-order chi connectivity index (χ1) is 14.2. The number of aryl methyl sites for hydroxylation is 1. The van der Waals surface area contributed by atoms with Crippen LogP contribution >= 0.6 is 0 Å². The molecule has 0 unspecified atom stereocenters. The highest BCUT2D eigenvalue weighted by Gasteiger charge is 2.36. The van der Waals surface area contributed by atoms with Crippen molar-refractivity contribution in [2.45, 2.75) is 89.9 Å². The van der Waals surface area contributed by atoms with Gasteiger partial charge in [0.05, 0.1) is 11.5 Å². The third-order valence-electron chi connectivity index (χ3n) is 6.93. The smallest absolute Gasteiger partial charge is 0.0822 e. The first-order valence-electron chi connectivity index (χ1n) is 11.8. The molecule has 1 saturated carbocycles. The zero-order chi connectivity index (χ0) is 20.5. The van der Waals surface area contributed by atoms with Gasteiger partial charge in [0.2, 0.25) is 0 Å². The average Bonchev–Trinajstić information content (AvgIpc) is 2.79. The Morgan fingerprint density at radius 2 is 1.41 bits per heavy atom. The Hall–Kier alpha value is -2.07. The number of hydrogen-bond acceptors (Lipinski definition) is 1. The van der Waals surface area contributed by atoms with Gasteiger partial charge in [-0.1, -0.05) is 94.5 Å². The fraction of sp³-hybridized carbons (Fsp3) is 0.536. The topological polar surface area (TPSA) is 23.8 Å². The first-order valence-corrected chi connectivity index (χ1v) is 11.8. The predicted octanol–water partition coefficient (Wildman–Crippen LogP) is 8.23. The summed E-state index contributed by atoms with van der Waals surface area (Å²) in [7, 11) is 0. The van der Waals surface area contributed by atoms with Crippen LogP contribution in [0, 0.1) is 17.2 Å². The van der Waals surface area contributed by atoms with E-state index in [-0.39, 0.29) is 5.41 Å². The Balaban J connectivity index is 1.65. The van der Waals surface area contributed by atoms with Gasteiger partial charge in [-0.05, 0) is 66.7 Å². The van der Waals surface area contributed by atoms with Gasteiger partial charge >= 0.3 is 0 Å². The second-order valence-corrected chi connectivity index (χ2v) is 9.01. The molecule has 0 spiro atoms. The molecule has 1 heteroatoms. The number of benzene rings is 2. The van der Waals surface area contributed by atoms with Gasteiger partial charge in [0.1, 0.15) is 0 Å². The van der Waals surface area contributed by atoms with Crippen LogP contribution in [-0.2, 0) is 11.8 Å². The van der Waals surface area contributed by atoms with Gasteiger partial charge in [-0.15, -0.1) is 0 Å². The van der Waals surface area contributed by atoms with E-state index in [0.29, 0.717) is 0 Å². The summed E-state index contributed by atoms with van der Waals surface area (Å²) in [6, 6.07) is 20.6. The third kappa shape index (κ3) is 5.51. The number of hydrogen-bond donors (Lipinski definition) is 0. The van der Waals surface area contributed by atoms with Crippen molar-refractivity contribution < 1.29 is 0 Å². The van der Waals surface area contributed by atoms with Crippen molar-refractivity contribution in [3.05, 3.63) is 59.7 Å². The fourth-order valence-corrected chi connectivity index (χ4v) is 4.84. The molecule has 3 rings (SSSR count). The lowest BCUT2D eigenvalue weighted by Gasteiger charge is -2.35. The number of nitriles is 1. The molecule has 0 heterocycles. The molecule has 0 atom stereocenters. The Morgan fingerprint density at radius 1 is 0.828 bits per heavy atom. The molecule has 154 valence electrons. The largest absolute Gasteiger partial charge is 0.197 e. The van der Waals surface area contributed by atoms with E-state index in [1.165, 1.54) is 80.0 Å². The molecule has 0 amide bonds. The van der Waals surface area contributed by atoms with Crippen LogP contribution in [0.1, 0.15) is 89.2 Å². The summed E-state index contributed by atoms with van der Waals surface area (Å²) >= 11 is 0. The first kappa shape index (κ1) is 21.6. The predicted molar refractivity (Wildman–Crippen MR) is 124 cm³/mol. The molecule has 29 heavy (non-hydrogen) atoms. The van der Waals surface area contributed by atoms with Gasteiger partial charge in [0.25, 0.3) is 0 Å². The minimum atomic E-state index is -0.273. The van der Waals surface area contributed by atoms with Gasteiger partial charge in [-0.25, -0.2) is 0 Å². The Labute approximate surface area is 178 Å². The highest BCUT2D eigenvalue weighted by atomic mass is 14.4. The minimum absolute atomic E-state index is 0.273. The zero-order valence-electron chi connectivity index (χ0n) is 18.4. The zero-order valence-corrected chi connectivity index (χ0v) is 18.4. The van der Waals surface area contributed by atoms with Crippen LogP contribution in [-0.4, -0.2) is 0 Å². The SMILES string of the molecule is CCCCCc1ccc(-c2ccc([C@]3(C#N)CC[C@H](CCCC)CC3)cc2)cc1. The van der Waals surface area contributed by atoms with Crippen molar-refractivity contribution in [3.8, 4) is 17.2 Å². The van der Waals surface area contributed by atoms with Gasteiger partial charge in [-0.3, -0.25) is 0 Å². The van der Waals surface area contributed by atoms with E-state index in [0.717, 1.165) is 18.8 Å². The summed E-state index contributed by atoms with van der Waals surface area (Å²) in [5.41, 5.74) is 4.89.